The Hall–Kier alpha value is -3.35. The second-order valence-electron chi connectivity index (χ2n) is 7.27. The van der Waals surface area contributed by atoms with Crippen molar-refractivity contribution in [2.45, 2.75) is 31.5 Å². The molecule has 0 radical (unpaired) electrons. The summed E-state index contributed by atoms with van der Waals surface area (Å²) in [5.74, 6) is -0.0699. The molecule has 2 atom stereocenters. The van der Waals surface area contributed by atoms with E-state index >= 15 is 0 Å². The van der Waals surface area contributed by atoms with E-state index in [1.165, 1.54) is 13.9 Å². The SMILES string of the molecule is O=C1[C@@H]2CC[C@H](N1CCc1ccccc1)n1c(=O)n(-c3ccccc3)c(=O)n12. The van der Waals surface area contributed by atoms with Crippen LogP contribution in [0.2, 0.25) is 0 Å². The number of piperidine rings is 1. The summed E-state index contributed by atoms with van der Waals surface area (Å²) in [6.07, 6.45) is 1.58. The summed E-state index contributed by atoms with van der Waals surface area (Å²) in [5.41, 5.74) is 0.836. The summed E-state index contributed by atoms with van der Waals surface area (Å²) in [6, 6.07) is 18.2. The predicted octanol–water partition coefficient (Wildman–Crippen LogP) is 1.72. The minimum Gasteiger partial charge on any atom is -0.318 e. The third-order valence-corrected chi connectivity index (χ3v) is 5.71. The quantitative estimate of drug-likeness (QED) is 0.696. The number of amides is 1. The number of carbonyl (C=O) groups excluding carboxylic acids is 1. The van der Waals surface area contributed by atoms with Crippen LogP contribution in [0, 0.1) is 0 Å². The van der Waals surface area contributed by atoms with Crippen molar-refractivity contribution in [2.75, 3.05) is 6.54 Å². The Labute approximate surface area is 161 Å². The Kier molecular flexibility index (Phi) is 3.82. The molecule has 1 amide bonds. The van der Waals surface area contributed by atoms with E-state index in [4.69, 9.17) is 0 Å². The van der Waals surface area contributed by atoms with Gasteiger partial charge in [-0.3, -0.25) is 4.79 Å². The molecule has 0 N–H and O–H groups in total. The molecular formula is C21H20N4O3. The van der Waals surface area contributed by atoms with E-state index in [1.807, 2.05) is 36.4 Å². The van der Waals surface area contributed by atoms with Crippen LogP contribution in [-0.2, 0) is 11.2 Å². The van der Waals surface area contributed by atoms with Crippen molar-refractivity contribution in [2.24, 2.45) is 0 Å². The van der Waals surface area contributed by atoms with Gasteiger partial charge in [0.15, 0.2) is 0 Å². The van der Waals surface area contributed by atoms with Crippen LogP contribution in [0.4, 0.5) is 0 Å². The van der Waals surface area contributed by atoms with Crippen molar-refractivity contribution in [1.29, 1.82) is 0 Å². The van der Waals surface area contributed by atoms with Crippen LogP contribution in [-0.4, -0.2) is 31.3 Å². The zero-order valence-electron chi connectivity index (χ0n) is 15.3. The normalized spacial score (nSPS) is 20.4. The van der Waals surface area contributed by atoms with Crippen LogP contribution >= 0.6 is 0 Å². The predicted molar refractivity (Wildman–Crippen MR) is 103 cm³/mol. The lowest BCUT2D eigenvalue weighted by atomic mass is 9.99. The zero-order chi connectivity index (χ0) is 19.3. The van der Waals surface area contributed by atoms with Gasteiger partial charge in [-0.15, -0.1) is 0 Å². The maximum Gasteiger partial charge on any atom is 0.353 e. The lowest BCUT2D eigenvalue weighted by Gasteiger charge is -2.45. The molecule has 142 valence electrons. The number of fused-ring (bicyclic) bond motifs is 2. The fourth-order valence-corrected chi connectivity index (χ4v) is 4.38. The molecule has 7 heteroatoms. The van der Waals surface area contributed by atoms with Gasteiger partial charge in [0.05, 0.1) is 5.69 Å². The first-order valence-corrected chi connectivity index (χ1v) is 9.52. The van der Waals surface area contributed by atoms with Gasteiger partial charge in [0, 0.05) is 6.54 Å². The molecule has 2 aromatic carbocycles. The molecule has 3 aromatic rings. The van der Waals surface area contributed by atoms with Crippen molar-refractivity contribution in [3.8, 4) is 5.69 Å². The van der Waals surface area contributed by atoms with E-state index < -0.39 is 17.9 Å². The number of benzene rings is 2. The van der Waals surface area contributed by atoms with E-state index in [2.05, 4.69) is 0 Å². The van der Waals surface area contributed by atoms with Crippen molar-refractivity contribution in [3.63, 3.8) is 0 Å². The van der Waals surface area contributed by atoms with Crippen molar-refractivity contribution in [3.05, 3.63) is 87.2 Å². The molecule has 0 saturated carbocycles. The smallest absolute Gasteiger partial charge is 0.318 e. The number of nitrogens with zero attached hydrogens (tertiary/aromatic N) is 4. The van der Waals surface area contributed by atoms with Crippen LogP contribution in [0.1, 0.15) is 30.6 Å². The Balaban J connectivity index is 1.55. The van der Waals surface area contributed by atoms with Gasteiger partial charge in [-0.05, 0) is 37.0 Å². The molecule has 28 heavy (non-hydrogen) atoms. The minimum atomic E-state index is -0.606. The standard InChI is InChI=1S/C21H20N4O3/c26-19-17-11-12-18(22(19)14-13-15-7-3-1-4-8-15)25-21(28)23(20(27)24(17)25)16-9-5-2-6-10-16/h1-10,17-18H,11-14H2/t17-,18+/m0/s1. The van der Waals surface area contributed by atoms with Gasteiger partial charge in [0.1, 0.15) is 12.2 Å². The highest BCUT2D eigenvalue weighted by Gasteiger charge is 2.46. The van der Waals surface area contributed by atoms with E-state index in [0.717, 1.165) is 5.56 Å². The Morgan fingerprint density at radius 2 is 1.43 bits per heavy atom. The molecule has 7 nitrogen and oxygen atoms in total. The van der Waals surface area contributed by atoms with E-state index in [1.54, 1.807) is 29.2 Å². The van der Waals surface area contributed by atoms with Crippen LogP contribution < -0.4 is 11.4 Å². The van der Waals surface area contributed by atoms with Gasteiger partial charge in [0.2, 0.25) is 5.91 Å². The highest BCUT2D eigenvalue weighted by molar-refractivity contribution is 5.82. The fourth-order valence-electron chi connectivity index (χ4n) is 4.38. The third kappa shape index (κ3) is 2.39. The zero-order valence-corrected chi connectivity index (χ0v) is 15.3. The number of carbonyl (C=O) groups is 1. The van der Waals surface area contributed by atoms with Gasteiger partial charge in [-0.1, -0.05) is 48.5 Å². The summed E-state index contributed by atoms with van der Waals surface area (Å²) in [6.45, 7) is 0.529. The van der Waals surface area contributed by atoms with Crippen LogP contribution in [0.15, 0.2) is 70.3 Å². The molecule has 0 unspecified atom stereocenters. The number of hydrogen-bond donors (Lipinski definition) is 0. The first-order valence-electron chi connectivity index (χ1n) is 9.52. The summed E-state index contributed by atoms with van der Waals surface area (Å²) in [7, 11) is 0. The second-order valence-corrected chi connectivity index (χ2v) is 7.27. The largest absolute Gasteiger partial charge is 0.353 e. The number of para-hydroxylation sites is 1. The van der Waals surface area contributed by atoms with E-state index in [0.29, 0.717) is 31.5 Å². The molecule has 3 aliphatic heterocycles. The highest BCUT2D eigenvalue weighted by atomic mass is 16.2. The van der Waals surface area contributed by atoms with Gasteiger partial charge >= 0.3 is 11.4 Å². The second kappa shape index (κ2) is 6.37. The first kappa shape index (κ1) is 16.8. The van der Waals surface area contributed by atoms with Crippen molar-refractivity contribution < 1.29 is 4.79 Å². The Bertz CT molecular complexity index is 1140. The topological polar surface area (TPSA) is 69.2 Å². The molecular weight excluding hydrogens is 356 g/mol. The Morgan fingerprint density at radius 3 is 2.14 bits per heavy atom. The minimum absolute atomic E-state index is 0.0699. The summed E-state index contributed by atoms with van der Waals surface area (Å²) >= 11 is 0. The third-order valence-electron chi connectivity index (χ3n) is 5.71. The molecule has 6 rings (SSSR count). The molecule has 1 aromatic heterocycles. The molecule has 1 saturated heterocycles. The lowest BCUT2D eigenvalue weighted by molar-refractivity contribution is -0.152. The van der Waals surface area contributed by atoms with Gasteiger partial charge in [0.25, 0.3) is 0 Å². The van der Waals surface area contributed by atoms with Crippen LogP contribution in [0.25, 0.3) is 5.69 Å². The summed E-state index contributed by atoms with van der Waals surface area (Å²) < 4.78 is 4.01. The van der Waals surface area contributed by atoms with Gasteiger partial charge in [-0.2, -0.15) is 0 Å². The molecule has 0 spiro atoms. The Morgan fingerprint density at radius 1 is 0.786 bits per heavy atom. The van der Waals surface area contributed by atoms with Crippen molar-refractivity contribution in [1.82, 2.24) is 18.8 Å². The average molecular weight is 376 g/mol. The summed E-state index contributed by atoms with van der Waals surface area (Å²) in [5, 5.41) is 0. The fraction of sp³-hybridized carbons (Fsp3) is 0.286. The van der Waals surface area contributed by atoms with Gasteiger partial charge < -0.3 is 4.90 Å². The monoisotopic (exact) mass is 376 g/mol. The maximum atomic E-state index is 13.1. The van der Waals surface area contributed by atoms with Crippen molar-refractivity contribution >= 4 is 5.91 Å². The highest BCUT2D eigenvalue weighted by Crippen LogP contribution is 2.37. The summed E-state index contributed by atoms with van der Waals surface area (Å²) in [4.78, 5) is 40.9. The van der Waals surface area contributed by atoms with E-state index in [9.17, 15) is 14.4 Å². The molecule has 3 aliphatic rings. The van der Waals surface area contributed by atoms with E-state index in [-0.39, 0.29) is 11.6 Å². The van der Waals surface area contributed by atoms with Crippen LogP contribution in [0.5, 0.6) is 0 Å². The van der Waals surface area contributed by atoms with Crippen LogP contribution in [0.3, 0.4) is 0 Å². The first-order chi connectivity index (χ1) is 13.7. The number of rotatable bonds is 4. The number of hydrogen-bond acceptors (Lipinski definition) is 3. The molecule has 2 bridgehead atoms. The molecule has 0 aliphatic carbocycles. The number of aromatic nitrogens is 3. The van der Waals surface area contributed by atoms with Gasteiger partial charge in [-0.25, -0.2) is 23.5 Å². The molecule has 4 heterocycles. The average Bonchev–Trinajstić information content (AvgIpc) is 3.01. The molecule has 1 fully saturated rings. The lowest BCUT2D eigenvalue weighted by Crippen LogP contribution is -2.57. The maximum absolute atomic E-state index is 13.1.